The zero-order chi connectivity index (χ0) is 13.8. The van der Waals surface area contributed by atoms with Gasteiger partial charge >= 0.3 is 0 Å². The second-order valence-corrected chi connectivity index (χ2v) is 4.56. The van der Waals surface area contributed by atoms with Gasteiger partial charge in [-0.05, 0) is 18.9 Å². The van der Waals surface area contributed by atoms with E-state index >= 15 is 0 Å². The average Bonchev–Trinajstić information content (AvgIpc) is 2.39. The highest BCUT2D eigenvalue weighted by atomic mass is 16.4. The van der Waals surface area contributed by atoms with Gasteiger partial charge in [0, 0.05) is 0 Å². The number of aliphatic hydroxyl groups excluding tert-OH is 3. The van der Waals surface area contributed by atoms with Gasteiger partial charge in [0.25, 0.3) is 0 Å². The maximum Gasteiger partial charge on any atom is 0.186 e. The number of allylic oxidation sites excluding steroid dienone is 1. The molecular weight excluding hydrogens is 232 g/mol. The summed E-state index contributed by atoms with van der Waals surface area (Å²) in [6, 6.07) is 0. The van der Waals surface area contributed by atoms with Gasteiger partial charge in [-0.1, -0.05) is 45.1 Å². The first-order valence-electron chi connectivity index (χ1n) is 6.80. The van der Waals surface area contributed by atoms with E-state index in [0.29, 0.717) is 0 Å². The van der Waals surface area contributed by atoms with Crippen LogP contribution >= 0.6 is 0 Å². The number of carbonyl (C=O) groups excluding carboxylic acids is 1. The van der Waals surface area contributed by atoms with Crippen molar-refractivity contribution < 1.29 is 20.1 Å². The standard InChI is InChI=1S/C14H26O4/c1-2-3-4-5-6-7-8-9-10-12(16)14(18)13(17)11-15/h9-10,13-15,17-18H,2-8,11H2,1H3. The predicted molar refractivity (Wildman–Crippen MR) is 71.2 cm³/mol. The highest BCUT2D eigenvalue weighted by molar-refractivity contribution is 5.93. The monoisotopic (exact) mass is 258 g/mol. The van der Waals surface area contributed by atoms with E-state index in [0.717, 1.165) is 19.3 Å². The van der Waals surface area contributed by atoms with E-state index in [1.54, 1.807) is 6.08 Å². The van der Waals surface area contributed by atoms with Crippen LogP contribution in [-0.4, -0.2) is 39.9 Å². The van der Waals surface area contributed by atoms with Gasteiger partial charge in [-0.3, -0.25) is 4.79 Å². The predicted octanol–water partition coefficient (Wildman–Crippen LogP) is 1.58. The van der Waals surface area contributed by atoms with Crippen LogP contribution in [0.1, 0.15) is 51.9 Å². The Morgan fingerprint density at radius 3 is 2.33 bits per heavy atom. The van der Waals surface area contributed by atoms with Gasteiger partial charge in [-0.15, -0.1) is 0 Å². The lowest BCUT2D eigenvalue weighted by atomic mass is 10.1. The minimum absolute atomic E-state index is 0.553. The first-order chi connectivity index (χ1) is 8.63. The molecule has 0 aliphatic carbocycles. The van der Waals surface area contributed by atoms with Crippen LogP contribution in [0.15, 0.2) is 12.2 Å². The molecule has 106 valence electrons. The quantitative estimate of drug-likeness (QED) is 0.388. The maximum atomic E-state index is 11.3. The fourth-order valence-electron chi connectivity index (χ4n) is 1.63. The summed E-state index contributed by atoms with van der Waals surface area (Å²) in [5.74, 6) is -0.553. The van der Waals surface area contributed by atoms with Crippen LogP contribution in [0.2, 0.25) is 0 Å². The minimum Gasteiger partial charge on any atom is -0.394 e. The Hall–Kier alpha value is -0.710. The van der Waals surface area contributed by atoms with Crippen molar-refractivity contribution in [2.75, 3.05) is 6.61 Å². The number of aliphatic hydroxyl groups is 3. The van der Waals surface area contributed by atoms with Crippen molar-refractivity contribution in [2.45, 2.75) is 64.1 Å². The molecule has 0 aliphatic rings. The van der Waals surface area contributed by atoms with Crippen LogP contribution in [0.25, 0.3) is 0 Å². The molecule has 0 saturated carbocycles. The SMILES string of the molecule is CCCCCCCCC=CC(=O)C(O)C(O)CO. The summed E-state index contributed by atoms with van der Waals surface area (Å²) in [7, 11) is 0. The molecule has 0 fully saturated rings. The minimum atomic E-state index is -1.52. The van der Waals surface area contributed by atoms with Crippen molar-refractivity contribution in [3.63, 3.8) is 0 Å². The Bertz CT molecular complexity index is 238. The molecule has 0 spiro atoms. The van der Waals surface area contributed by atoms with Gasteiger partial charge in [-0.25, -0.2) is 0 Å². The van der Waals surface area contributed by atoms with Crippen LogP contribution in [-0.2, 0) is 4.79 Å². The number of carbonyl (C=O) groups is 1. The van der Waals surface area contributed by atoms with Gasteiger partial charge in [0.15, 0.2) is 5.78 Å². The fraction of sp³-hybridized carbons (Fsp3) is 0.786. The lowest BCUT2D eigenvalue weighted by molar-refractivity contribution is -0.129. The summed E-state index contributed by atoms with van der Waals surface area (Å²) in [6.45, 7) is 1.57. The molecule has 0 saturated heterocycles. The van der Waals surface area contributed by atoms with Crippen molar-refractivity contribution >= 4 is 5.78 Å². The number of hydrogen-bond donors (Lipinski definition) is 3. The van der Waals surface area contributed by atoms with Crippen molar-refractivity contribution in [3.8, 4) is 0 Å². The van der Waals surface area contributed by atoms with Crippen LogP contribution in [0.5, 0.6) is 0 Å². The third kappa shape index (κ3) is 8.39. The van der Waals surface area contributed by atoms with E-state index in [1.807, 2.05) is 0 Å². The van der Waals surface area contributed by atoms with Crippen LogP contribution in [0, 0.1) is 0 Å². The molecule has 0 amide bonds. The molecule has 0 radical (unpaired) electrons. The van der Waals surface area contributed by atoms with E-state index in [4.69, 9.17) is 10.2 Å². The molecule has 4 heteroatoms. The molecule has 0 aromatic rings. The topological polar surface area (TPSA) is 77.8 Å². The van der Waals surface area contributed by atoms with Gasteiger partial charge < -0.3 is 15.3 Å². The molecular formula is C14H26O4. The molecule has 0 aliphatic heterocycles. The summed E-state index contributed by atoms with van der Waals surface area (Å²) >= 11 is 0. The highest BCUT2D eigenvalue weighted by Crippen LogP contribution is 2.07. The second-order valence-electron chi connectivity index (χ2n) is 4.56. The third-order valence-corrected chi connectivity index (χ3v) is 2.85. The van der Waals surface area contributed by atoms with Gasteiger partial charge in [0.2, 0.25) is 0 Å². The average molecular weight is 258 g/mol. The Morgan fingerprint density at radius 2 is 1.72 bits per heavy atom. The number of hydrogen-bond acceptors (Lipinski definition) is 4. The van der Waals surface area contributed by atoms with Crippen molar-refractivity contribution in [1.82, 2.24) is 0 Å². The summed E-state index contributed by atoms with van der Waals surface area (Å²) in [4.78, 5) is 11.3. The molecule has 0 heterocycles. The Labute approximate surface area is 109 Å². The largest absolute Gasteiger partial charge is 0.394 e. The lowest BCUT2D eigenvalue weighted by Gasteiger charge is -2.11. The Kier molecular flexibility index (Phi) is 10.9. The van der Waals surface area contributed by atoms with Crippen molar-refractivity contribution in [2.24, 2.45) is 0 Å². The molecule has 0 rings (SSSR count). The van der Waals surface area contributed by atoms with E-state index in [9.17, 15) is 9.90 Å². The van der Waals surface area contributed by atoms with E-state index < -0.39 is 24.6 Å². The second kappa shape index (κ2) is 11.4. The van der Waals surface area contributed by atoms with Gasteiger partial charge in [-0.2, -0.15) is 0 Å². The number of rotatable bonds is 11. The molecule has 3 N–H and O–H groups in total. The van der Waals surface area contributed by atoms with E-state index in [1.165, 1.54) is 31.8 Å². The molecule has 4 nitrogen and oxygen atoms in total. The van der Waals surface area contributed by atoms with Crippen LogP contribution < -0.4 is 0 Å². The van der Waals surface area contributed by atoms with Crippen molar-refractivity contribution in [3.05, 3.63) is 12.2 Å². The Balaban J connectivity index is 3.60. The highest BCUT2D eigenvalue weighted by Gasteiger charge is 2.20. The zero-order valence-electron chi connectivity index (χ0n) is 11.2. The van der Waals surface area contributed by atoms with Crippen LogP contribution in [0.4, 0.5) is 0 Å². The first-order valence-corrected chi connectivity index (χ1v) is 6.80. The third-order valence-electron chi connectivity index (χ3n) is 2.85. The summed E-state index contributed by atoms with van der Waals surface area (Å²) in [6.07, 6.45) is 8.09. The molecule has 0 aromatic carbocycles. The molecule has 2 atom stereocenters. The zero-order valence-corrected chi connectivity index (χ0v) is 11.2. The van der Waals surface area contributed by atoms with E-state index in [2.05, 4.69) is 6.92 Å². The Morgan fingerprint density at radius 1 is 1.11 bits per heavy atom. The van der Waals surface area contributed by atoms with Gasteiger partial charge in [0.05, 0.1) is 6.61 Å². The first kappa shape index (κ1) is 17.3. The van der Waals surface area contributed by atoms with E-state index in [-0.39, 0.29) is 0 Å². The summed E-state index contributed by atoms with van der Waals surface area (Å²) < 4.78 is 0. The van der Waals surface area contributed by atoms with Gasteiger partial charge in [0.1, 0.15) is 12.2 Å². The maximum absolute atomic E-state index is 11.3. The molecule has 18 heavy (non-hydrogen) atoms. The molecule has 2 unspecified atom stereocenters. The lowest BCUT2D eigenvalue weighted by Crippen LogP contribution is -2.35. The number of ketones is 1. The fourth-order valence-corrected chi connectivity index (χ4v) is 1.63. The number of unbranched alkanes of at least 4 members (excludes halogenated alkanes) is 6. The van der Waals surface area contributed by atoms with Crippen LogP contribution in [0.3, 0.4) is 0 Å². The smallest absolute Gasteiger partial charge is 0.186 e. The summed E-state index contributed by atoms with van der Waals surface area (Å²) in [5, 5.41) is 26.9. The molecule has 0 aromatic heterocycles. The molecule has 0 bridgehead atoms. The van der Waals surface area contributed by atoms with Crippen molar-refractivity contribution in [1.29, 1.82) is 0 Å². The normalized spacial score (nSPS) is 14.9. The summed E-state index contributed by atoms with van der Waals surface area (Å²) in [5.41, 5.74) is 0.